The van der Waals surface area contributed by atoms with Gasteiger partial charge in [0, 0.05) is 38.3 Å². The van der Waals surface area contributed by atoms with Crippen LogP contribution >= 0.6 is 0 Å². The zero-order valence-corrected chi connectivity index (χ0v) is 16.5. The molecule has 6 heteroatoms. The Labute approximate surface area is 171 Å². The third-order valence-corrected chi connectivity index (χ3v) is 5.07. The first kappa shape index (κ1) is 20.6. The van der Waals surface area contributed by atoms with Crippen molar-refractivity contribution in [1.82, 2.24) is 9.80 Å². The Morgan fingerprint density at radius 1 is 1.00 bits per heavy atom. The quantitative estimate of drug-likeness (QED) is 0.789. The Morgan fingerprint density at radius 2 is 1.76 bits per heavy atom. The van der Waals surface area contributed by atoms with Crippen LogP contribution in [0.5, 0.6) is 0 Å². The highest BCUT2D eigenvalue weighted by Crippen LogP contribution is 2.11. The van der Waals surface area contributed by atoms with Crippen molar-refractivity contribution in [3.05, 3.63) is 65.7 Å². The normalized spacial score (nSPS) is 14.2. The Hall–Kier alpha value is -3.17. The molecule has 0 bridgehead atoms. The Morgan fingerprint density at radius 3 is 2.48 bits per heavy atom. The summed E-state index contributed by atoms with van der Waals surface area (Å²) in [5, 5.41) is 11.8. The van der Waals surface area contributed by atoms with Gasteiger partial charge in [-0.05, 0) is 36.6 Å². The molecule has 0 unspecified atom stereocenters. The van der Waals surface area contributed by atoms with Crippen LogP contribution < -0.4 is 5.32 Å². The van der Waals surface area contributed by atoms with Gasteiger partial charge in [0.05, 0.1) is 18.2 Å². The molecule has 1 N–H and O–H groups in total. The van der Waals surface area contributed by atoms with Crippen molar-refractivity contribution in [3.8, 4) is 6.07 Å². The SMILES string of the molecule is N#Cc1cccc(NC(=O)CN2CCN(C(=O)CCCc3ccccc3)CC2)c1. The third kappa shape index (κ3) is 6.44. The second-order valence-electron chi connectivity index (χ2n) is 7.24. The number of hydrogen-bond donors (Lipinski definition) is 1. The van der Waals surface area contributed by atoms with E-state index in [-0.39, 0.29) is 18.4 Å². The number of rotatable bonds is 7. The van der Waals surface area contributed by atoms with Crippen molar-refractivity contribution in [2.24, 2.45) is 0 Å². The molecule has 1 fully saturated rings. The van der Waals surface area contributed by atoms with Crippen LogP contribution in [0, 0.1) is 11.3 Å². The third-order valence-electron chi connectivity index (χ3n) is 5.07. The largest absolute Gasteiger partial charge is 0.340 e. The van der Waals surface area contributed by atoms with E-state index in [1.165, 1.54) is 5.56 Å². The van der Waals surface area contributed by atoms with E-state index in [2.05, 4.69) is 28.4 Å². The maximum atomic E-state index is 12.4. The van der Waals surface area contributed by atoms with Crippen LogP contribution in [-0.4, -0.2) is 54.3 Å². The standard InChI is InChI=1S/C23H26N4O2/c24-17-20-9-4-10-21(16-20)25-22(28)18-26-12-14-27(15-13-26)23(29)11-5-8-19-6-2-1-3-7-19/h1-4,6-7,9-10,16H,5,8,11-15,18H2,(H,25,28). The van der Waals surface area contributed by atoms with E-state index in [4.69, 9.17) is 5.26 Å². The molecule has 0 aliphatic carbocycles. The summed E-state index contributed by atoms with van der Waals surface area (Å²) in [5.41, 5.74) is 2.40. The van der Waals surface area contributed by atoms with E-state index in [0.717, 1.165) is 12.8 Å². The summed E-state index contributed by atoms with van der Waals surface area (Å²) < 4.78 is 0. The van der Waals surface area contributed by atoms with Crippen LogP contribution in [-0.2, 0) is 16.0 Å². The first-order valence-electron chi connectivity index (χ1n) is 9.98. The van der Waals surface area contributed by atoms with Gasteiger partial charge in [0.25, 0.3) is 0 Å². The van der Waals surface area contributed by atoms with Gasteiger partial charge in [0.15, 0.2) is 0 Å². The lowest BCUT2D eigenvalue weighted by atomic mass is 10.1. The van der Waals surface area contributed by atoms with Crippen molar-refractivity contribution in [1.29, 1.82) is 5.26 Å². The number of aryl methyl sites for hydroxylation is 1. The maximum absolute atomic E-state index is 12.4. The number of hydrogen-bond acceptors (Lipinski definition) is 4. The smallest absolute Gasteiger partial charge is 0.238 e. The molecule has 3 rings (SSSR count). The molecule has 1 saturated heterocycles. The monoisotopic (exact) mass is 390 g/mol. The van der Waals surface area contributed by atoms with E-state index < -0.39 is 0 Å². The number of nitrogens with zero attached hydrogens (tertiary/aromatic N) is 3. The predicted molar refractivity (Wildman–Crippen MR) is 112 cm³/mol. The molecular weight excluding hydrogens is 364 g/mol. The molecule has 0 aromatic heterocycles. The minimum absolute atomic E-state index is 0.109. The average molecular weight is 390 g/mol. The molecule has 2 aromatic carbocycles. The maximum Gasteiger partial charge on any atom is 0.238 e. The number of amides is 2. The van der Waals surface area contributed by atoms with Crippen LogP contribution in [0.15, 0.2) is 54.6 Å². The van der Waals surface area contributed by atoms with Gasteiger partial charge >= 0.3 is 0 Å². The second kappa shape index (κ2) is 10.4. The zero-order chi connectivity index (χ0) is 20.5. The average Bonchev–Trinajstić information content (AvgIpc) is 2.75. The number of nitriles is 1. The van der Waals surface area contributed by atoms with Crippen LogP contribution in [0.25, 0.3) is 0 Å². The molecule has 2 amide bonds. The van der Waals surface area contributed by atoms with Crippen molar-refractivity contribution >= 4 is 17.5 Å². The lowest BCUT2D eigenvalue weighted by Gasteiger charge is -2.34. The summed E-state index contributed by atoms with van der Waals surface area (Å²) in [6.45, 7) is 2.97. The Bertz CT molecular complexity index is 868. The summed E-state index contributed by atoms with van der Waals surface area (Å²) in [6.07, 6.45) is 2.33. The Kier molecular flexibility index (Phi) is 7.37. The number of benzene rings is 2. The first-order chi connectivity index (χ1) is 14.1. The van der Waals surface area contributed by atoms with Gasteiger partial charge in [-0.2, -0.15) is 5.26 Å². The van der Waals surface area contributed by atoms with Gasteiger partial charge in [-0.25, -0.2) is 0 Å². The fourth-order valence-electron chi connectivity index (χ4n) is 3.47. The molecule has 1 heterocycles. The van der Waals surface area contributed by atoms with E-state index in [0.29, 0.717) is 43.9 Å². The second-order valence-corrected chi connectivity index (χ2v) is 7.24. The Balaban J connectivity index is 1.36. The summed E-state index contributed by atoms with van der Waals surface area (Å²) in [7, 11) is 0. The highest BCUT2D eigenvalue weighted by molar-refractivity contribution is 5.92. The van der Waals surface area contributed by atoms with Gasteiger partial charge in [0.1, 0.15) is 0 Å². The van der Waals surface area contributed by atoms with Crippen molar-refractivity contribution < 1.29 is 9.59 Å². The zero-order valence-electron chi connectivity index (χ0n) is 16.5. The van der Waals surface area contributed by atoms with Gasteiger partial charge < -0.3 is 10.2 Å². The van der Waals surface area contributed by atoms with Gasteiger partial charge in [-0.15, -0.1) is 0 Å². The lowest BCUT2D eigenvalue weighted by molar-refractivity contribution is -0.133. The topological polar surface area (TPSA) is 76.4 Å². The van der Waals surface area contributed by atoms with Crippen LogP contribution in [0.3, 0.4) is 0 Å². The van der Waals surface area contributed by atoms with E-state index in [9.17, 15) is 9.59 Å². The number of nitrogens with one attached hydrogen (secondary N) is 1. The van der Waals surface area contributed by atoms with Gasteiger partial charge in [-0.3, -0.25) is 14.5 Å². The van der Waals surface area contributed by atoms with E-state index in [1.807, 2.05) is 23.1 Å². The summed E-state index contributed by atoms with van der Waals surface area (Å²) in [4.78, 5) is 28.6. The molecular formula is C23H26N4O2. The van der Waals surface area contributed by atoms with E-state index in [1.54, 1.807) is 24.3 Å². The molecule has 150 valence electrons. The van der Waals surface area contributed by atoms with Crippen LogP contribution in [0.1, 0.15) is 24.0 Å². The molecule has 29 heavy (non-hydrogen) atoms. The minimum Gasteiger partial charge on any atom is -0.340 e. The summed E-state index contributed by atoms with van der Waals surface area (Å²) in [5.74, 6) is 0.0843. The van der Waals surface area contributed by atoms with Crippen molar-refractivity contribution in [3.63, 3.8) is 0 Å². The fourth-order valence-corrected chi connectivity index (χ4v) is 3.47. The molecule has 2 aromatic rings. The first-order valence-corrected chi connectivity index (χ1v) is 9.98. The highest BCUT2D eigenvalue weighted by atomic mass is 16.2. The molecule has 0 atom stereocenters. The van der Waals surface area contributed by atoms with Crippen molar-refractivity contribution in [2.75, 3.05) is 38.0 Å². The van der Waals surface area contributed by atoms with Gasteiger partial charge in [0.2, 0.25) is 11.8 Å². The van der Waals surface area contributed by atoms with Crippen LogP contribution in [0.4, 0.5) is 5.69 Å². The van der Waals surface area contributed by atoms with Gasteiger partial charge in [-0.1, -0.05) is 36.4 Å². The number of carbonyl (C=O) groups is 2. The highest BCUT2D eigenvalue weighted by Gasteiger charge is 2.22. The minimum atomic E-state index is -0.109. The number of carbonyl (C=O) groups excluding carboxylic acids is 2. The fraction of sp³-hybridized carbons (Fsp3) is 0.348. The number of anilines is 1. The number of piperazine rings is 1. The molecule has 1 aliphatic heterocycles. The predicted octanol–water partition coefficient (Wildman–Crippen LogP) is 2.66. The van der Waals surface area contributed by atoms with Crippen molar-refractivity contribution in [2.45, 2.75) is 19.3 Å². The molecule has 6 nitrogen and oxygen atoms in total. The molecule has 0 spiro atoms. The summed E-state index contributed by atoms with van der Waals surface area (Å²) >= 11 is 0. The van der Waals surface area contributed by atoms with E-state index >= 15 is 0 Å². The molecule has 0 radical (unpaired) electrons. The molecule has 0 saturated carbocycles. The molecule has 1 aliphatic rings. The lowest BCUT2D eigenvalue weighted by Crippen LogP contribution is -2.50. The summed E-state index contributed by atoms with van der Waals surface area (Å²) in [6, 6.07) is 19.1. The van der Waals surface area contributed by atoms with Crippen LogP contribution in [0.2, 0.25) is 0 Å².